The lowest BCUT2D eigenvalue weighted by Gasteiger charge is -1.62. The van der Waals surface area contributed by atoms with Crippen LogP contribution in [0.25, 0.3) is 0 Å². The second-order valence-corrected chi connectivity index (χ2v) is 2.14. The molecular formula is C5H8N6O2. The Labute approximate surface area is 72.3 Å². The van der Waals surface area contributed by atoms with Crippen LogP contribution in [-0.4, -0.2) is 30.8 Å². The second kappa shape index (κ2) is 4.14. The van der Waals surface area contributed by atoms with Gasteiger partial charge in [0.2, 0.25) is 0 Å². The summed E-state index contributed by atoms with van der Waals surface area (Å²) in [4.78, 5) is 12.3. The van der Waals surface area contributed by atoms with Crippen LogP contribution in [-0.2, 0) is 0 Å². The first-order valence-electron chi connectivity index (χ1n) is 3.41. The van der Waals surface area contributed by atoms with E-state index in [1.807, 2.05) is 0 Å². The zero-order valence-electron chi connectivity index (χ0n) is 7.11. The van der Waals surface area contributed by atoms with E-state index in [2.05, 4.69) is 35.3 Å². The van der Waals surface area contributed by atoms with E-state index in [4.69, 9.17) is 0 Å². The van der Waals surface area contributed by atoms with Gasteiger partial charge in [-0.05, 0) is 13.8 Å². The minimum atomic E-state index is -0.502. The van der Waals surface area contributed by atoms with Crippen molar-refractivity contribution in [2.45, 2.75) is 13.8 Å². The molecule has 0 radical (unpaired) electrons. The molecule has 0 aromatic carbocycles. The van der Waals surface area contributed by atoms with Crippen molar-refractivity contribution in [1.29, 1.82) is 0 Å². The average molecular weight is 184 g/mol. The van der Waals surface area contributed by atoms with Gasteiger partial charge in [-0.1, -0.05) is 10.4 Å². The van der Waals surface area contributed by atoms with Crippen LogP contribution in [0.3, 0.4) is 0 Å². The summed E-state index contributed by atoms with van der Waals surface area (Å²) in [6.07, 6.45) is 0. The number of hydrogen-bond donors (Lipinski definition) is 2. The number of aromatic nitrogens is 6. The van der Waals surface area contributed by atoms with Gasteiger partial charge >= 0.3 is 5.76 Å². The summed E-state index contributed by atoms with van der Waals surface area (Å²) in [5.41, 5.74) is 0. The number of aryl methyl sites for hydroxylation is 2. The Balaban J connectivity index is 0.000000132. The lowest BCUT2D eigenvalue weighted by atomic mass is 10.8. The summed E-state index contributed by atoms with van der Waals surface area (Å²) in [7, 11) is 0. The fourth-order valence-electron chi connectivity index (χ4n) is 0.515. The third kappa shape index (κ3) is 3.27. The van der Waals surface area contributed by atoms with Crippen LogP contribution in [0.15, 0.2) is 9.32 Å². The molecule has 0 saturated carbocycles. The fraction of sp³-hybridized carbons (Fsp3) is 0.400. The SMILES string of the molecule is Cc1nn[nH]n1.Cc1noc(=O)[nH]1. The molecule has 8 nitrogen and oxygen atoms in total. The van der Waals surface area contributed by atoms with Gasteiger partial charge < -0.3 is 0 Å². The lowest BCUT2D eigenvalue weighted by molar-refractivity contribution is 0.383. The van der Waals surface area contributed by atoms with Crippen molar-refractivity contribution >= 4 is 0 Å². The van der Waals surface area contributed by atoms with E-state index in [0.29, 0.717) is 11.6 Å². The van der Waals surface area contributed by atoms with Crippen LogP contribution in [0.4, 0.5) is 0 Å². The first-order valence-corrected chi connectivity index (χ1v) is 3.41. The molecular weight excluding hydrogens is 176 g/mol. The Morgan fingerprint density at radius 2 is 2.15 bits per heavy atom. The molecule has 0 spiro atoms. The van der Waals surface area contributed by atoms with Crippen LogP contribution < -0.4 is 5.76 Å². The summed E-state index contributed by atoms with van der Waals surface area (Å²) in [6, 6.07) is 0. The third-order valence-corrected chi connectivity index (χ3v) is 1.000. The predicted octanol–water partition coefficient (Wildman–Crippen LogP) is -0.821. The van der Waals surface area contributed by atoms with E-state index >= 15 is 0 Å². The Hall–Kier alpha value is -1.99. The van der Waals surface area contributed by atoms with Gasteiger partial charge in [0.05, 0.1) is 0 Å². The highest BCUT2D eigenvalue weighted by atomic mass is 16.5. The summed E-state index contributed by atoms with van der Waals surface area (Å²) in [5.74, 6) is 0.678. The molecule has 0 aliphatic rings. The van der Waals surface area contributed by atoms with Crippen molar-refractivity contribution in [3.63, 3.8) is 0 Å². The number of nitrogens with one attached hydrogen (secondary N) is 2. The van der Waals surface area contributed by atoms with Gasteiger partial charge in [0.25, 0.3) is 0 Å². The van der Waals surface area contributed by atoms with Gasteiger partial charge in [-0.15, -0.1) is 10.2 Å². The third-order valence-electron chi connectivity index (χ3n) is 1.000. The summed E-state index contributed by atoms with van der Waals surface area (Å²) in [5, 5.41) is 16.0. The Morgan fingerprint density at radius 1 is 1.38 bits per heavy atom. The van der Waals surface area contributed by atoms with Crippen molar-refractivity contribution in [3.8, 4) is 0 Å². The molecule has 0 aliphatic carbocycles. The van der Waals surface area contributed by atoms with Crippen LogP contribution >= 0.6 is 0 Å². The maximum absolute atomic E-state index is 10.0. The largest absolute Gasteiger partial charge is 0.438 e. The zero-order valence-corrected chi connectivity index (χ0v) is 7.11. The van der Waals surface area contributed by atoms with Crippen LogP contribution in [0.1, 0.15) is 11.6 Å². The van der Waals surface area contributed by atoms with Crippen LogP contribution in [0, 0.1) is 13.8 Å². The van der Waals surface area contributed by atoms with Gasteiger partial charge in [-0.25, -0.2) is 4.79 Å². The van der Waals surface area contributed by atoms with Crippen molar-refractivity contribution in [2.75, 3.05) is 0 Å². The maximum atomic E-state index is 10.0. The normalized spacial score (nSPS) is 9.08. The average Bonchev–Trinajstić information content (AvgIpc) is 2.64. The maximum Gasteiger partial charge on any atom is 0.438 e. The topological polar surface area (TPSA) is 113 Å². The monoisotopic (exact) mass is 184 g/mol. The molecule has 0 amide bonds. The number of hydrogen-bond acceptors (Lipinski definition) is 6. The highest BCUT2D eigenvalue weighted by molar-refractivity contribution is 4.68. The van der Waals surface area contributed by atoms with E-state index in [0.717, 1.165) is 0 Å². The molecule has 0 aliphatic heterocycles. The summed E-state index contributed by atoms with van der Waals surface area (Å²) in [6.45, 7) is 3.41. The molecule has 0 bridgehead atoms. The van der Waals surface area contributed by atoms with Gasteiger partial charge in [0, 0.05) is 0 Å². The summed E-state index contributed by atoms with van der Waals surface area (Å²) < 4.78 is 4.10. The highest BCUT2D eigenvalue weighted by Gasteiger charge is 1.86. The number of tetrazole rings is 1. The van der Waals surface area contributed by atoms with Gasteiger partial charge in [-0.3, -0.25) is 9.51 Å². The minimum Gasteiger partial charge on any atom is -0.296 e. The standard InChI is InChI=1S/C3H4N2O2.C2H4N4/c1-2-4-3(6)7-5-2;1-2-3-5-6-4-2/h1H3,(H,4,5,6);1H3,(H,3,4,5,6). The van der Waals surface area contributed by atoms with Crippen LogP contribution in [0.5, 0.6) is 0 Å². The molecule has 2 N–H and O–H groups in total. The number of rotatable bonds is 0. The van der Waals surface area contributed by atoms with E-state index in [1.54, 1.807) is 13.8 Å². The molecule has 0 unspecified atom stereocenters. The highest BCUT2D eigenvalue weighted by Crippen LogP contribution is 1.72. The Bertz CT molecular complexity index is 387. The smallest absolute Gasteiger partial charge is 0.296 e. The van der Waals surface area contributed by atoms with Crippen LogP contribution in [0.2, 0.25) is 0 Å². The molecule has 2 aromatic heterocycles. The minimum absolute atomic E-state index is 0.502. The van der Waals surface area contributed by atoms with E-state index in [1.165, 1.54) is 0 Å². The van der Waals surface area contributed by atoms with Gasteiger partial charge in [-0.2, -0.15) is 5.21 Å². The summed E-state index contributed by atoms with van der Waals surface area (Å²) >= 11 is 0. The Morgan fingerprint density at radius 3 is 2.31 bits per heavy atom. The number of H-pyrrole nitrogens is 2. The molecule has 0 fully saturated rings. The van der Waals surface area contributed by atoms with Gasteiger partial charge in [0.1, 0.15) is 5.82 Å². The molecule has 2 heterocycles. The first kappa shape index (κ1) is 9.10. The molecule has 70 valence electrons. The molecule has 0 saturated heterocycles. The number of aromatic amines is 2. The lowest BCUT2D eigenvalue weighted by Crippen LogP contribution is -1.93. The van der Waals surface area contributed by atoms with Gasteiger partial charge in [0.15, 0.2) is 5.82 Å². The molecule has 2 aromatic rings. The van der Waals surface area contributed by atoms with E-state index in [-0.39, 0.29) is 0 Å². The van der Waals surface area contributed by atoms with Crippen molar-refractivity contribution in [3.05, 3.63) is 22.2 Å². The second-order valence-electron chi connectivity index (χ2n) is 2.14. The Kier molecular flexibility index (Phi) is 2.90. The van der Waals surface area contributed by atoms with E-state index < -0.39 is 5.76 Å². The van der Waals surface area contributed by atoms with Crippen molar-refractivity contribution < 1.29 is 4.52 Å². The van der Waals surface area contributed by atoms with Crippen molar-refractivity contribution in [2.24, 2.45) is 0 Å². The fourth-order valence-corrected chi connectivity index (χ4v) is 0.515. The molecule has 13 heavy (non-hydrogen) atoms. The first-order chi connectivity index (χ1) is 6.18. The van der Waals surface area contributed by atoms with Crippen molar-refractivity contribution in [1.82, 2.24) is 30.8 Å². The molecule has 0 atom stereocenters. The predicted molar refractivity (Wildman–Crippen MR) is 40.8 cm³/mol. The quantitative estimate of drug-likeness (QED) is 0.553. The van der Waals surface area contributed by atoms with E-state index in [9.17, 15) is 4.79 Å². The molecule has 8 heteroatoms. The number of nitrogens with zero attached hydrogens (tertiary/aromatic N) is 4. The zero-order chi connectivity index (χ0) is 9.68. The molecule has 2 rings (SSSR count).